The van der Waals surface area contributed by atoms with Crippen molar-refractivity contribution in [1.29, 1.82) is 0 Å². The van der Waals surface area contributed by atoms with Crippen LogP contribution in [0.15, 0.2) is 0 Å². The molecule has 1 aliphatic heterocycles. The van der Waals surface area contributed by atoms with E-state index in [2.05, 4.69) is 33.0 Å². The smallest absolute Gasteiger partial charge is 0.113 e. The highest BCUT2D eigenvalue weighted by molar-refractivity contribution is 4.78. The maximum Gasteiger partial charge on any atom is 0.113 e. The van der Waals surface area contributed by atoms with Crippen LogP contribution in [0.2, 0.25) is 0 Å². The summed E-state index contributed by atoms with van der Waals surface area (Å²) in [5.74, 6) is 0.632. The van der Waals surface area contributed by atoms with E-state index in [1.165, 1.54) is 0 Å². The zero-order chi connectivity index (χ0) is 7.78. The summed E-state index contributed by atoms with van der Waals surface area (Å²) >= 11 is 0. The molecule has 0 unspecified atom stereocenters. The third-order valence-corrected chi connectivity index (χ3v) is 2.13. The number of ether oxygens (including phenoxy) is 1. The molecule has 0 aromatic carbocycles. The highest BCUT2D eigenvalue weighted by Gasteiger charge is 2.29. The van der Waals surface area contributed by atoms with Crippen molar-refractivity contribution in [2.75, 3.05) is 6.54 Å². The predicted octanol–water partition coefficient (Wildman–Crippen LogP) is 1.37. The summed E-state index contributed by atoms with van der Waals surface area (Å²) < 4.78 is 5.67. The molecule has 0 spiro atoms. The molecule has 0 aromatic heterocycles. The molecule has 10 heavy (non-hydrogen) atoms. The molecule has 2 nitrogen and oxygen atoms in total. The van der Waals surface area contributed by atoms with Gasteiger partial charge in [0.25, 0.3) is 0 Å². The van der Waals surface area contributed by atoms with Crippen molar-refractivity contribution in [3.05, 3.63) is 0 Å². The first-order chi connectivity index (χ1) is 4.51. The summed E-state index contributed by atoms with van der Waals surface area (Å²) in [5.41, 5.74) is -0.119. The van der Waals surface area contributed by atoms with E-state index in [1.54, 1.807) is 0 Å². The van der Waals surface area contributed by atoms with Gasteiger partial charge in [-0.1, -0.05) is 6.92 Å². The molecular weight excluding hydrogens is 126 g/mol. The first kappa shape index (κ1) is 8.02. The van der Waals surface area contributed by atoms with E-state index in [0.29, 0.717) is 12.0 Å². The number of hydrogen-bond acceptors (Lipinski definition) is 2. The van der Waals surface area contributed by atoms with Crippen molar-refractivity contribution in [2.24, 2.45) is 5.92 Å². The Labute approximate surface area is 63.0 Å². The number of hydrogen-bond donors (Lipinski definition) is 1. The van der Waals surface area contributed by atoms with Gasteiger partial charge < -0.3 is 4.74 Å². The molecule has 0 radical (unpaired) electrons. The van der Waals surface area contributed by atoms with E-state index in [1.807, 2.05) is 0 Å². The normalized spacial score (nSPS) is 39.6. The standard InChI is InChI=1S/C8H17NO/c1-6-5-9-8(3,4)10-7(6)2/h6-7,9H,5H2,1-4H3/t6-,7+/m0/s1. The molecule has 0 aliphatic carbocycles. The molecule has 0 amide bonds. The maximum absolute atomic E-state index is 5.67. The Bertz CT molecular complexity index is 122. The fourth-order valence-corrected chi connectivity index (χ4v) is 1.20. The van der Waals surface area contributed by atoms with Crippen LogP contribution in [0.4, 0.5) is 0 Å². The molecule has 2 atom stereocenters. The summed E-state index contributed by atoms with van der Waals surface area (Å²) in [6, 6.07) is 0. The van der Waals surface area contributed by atoms with Crippen molar-refractivity contribution in [2.45, 2.75) is 39.5 Å². The topological polar surface area (TPSA) is 21.3 Å². The lowest BCUT2D eigenvalue weighted by Crippen LogP contribution is -2.53. The molecule has 0 saturated carbocycles. The van der Waals surface area contributed by atoms with E-state index in [4.69, 9.17) is 4.74 Å². The van der Waals surface area contributed by atoms with Crippen molar-refractivity contribution >= 4 is 0 Å². The Balaban J connectivity index is 2.49. The van der Waals surface area contributed by atoms with Gasteiger partial charge in [0.2, 0.25) is 0 Å². The molecule has 1 heterocycles. The van der Waals surface area contributed by atoms with Crippen LogP contribution in [0.25, 0.3) is 0 Å². The van der Waals surface area contributed by atoms with Gasteiger partial charge in [0.15, 0.2) is 0 Å². The Morgan fingerprint density at radius 3 is 2.40 bits per heavy atom. The van der Waals surface area contributed by atoms with E-state index in [-0.39, 0.29) is 5.72 Å². The van der Waals surface area contributed by atoms with Crippen LogP contribution in [0.5, 0.6) is 0 Å². The Morgan fingerprint density at radius 1 is 1.40 bits per heavy atom. The maximum atomic E-state index is 5.67. The quantitative estimate of drug-likeness (QED) is 0.553. The summed E-state index contributed by atoms with van der Waals surface area (Å²) in [6.07, 6.45) is 0.385. The molecule has 1 rings (SSSR count). The molecule has 0 aromatic rings. The van der Waals surface area contributed by atoms with Crippen LogP contribution in [0.3, 0.4) is 0 Å². The second-order valence-electron chi connectivity index (χ2n) is 3.69. The molecule has 2 heteroatoms. The van der Waals surface area contributed by atoms with Crippen molar-refractivity contribution in [3.63, 3.8) is 0 Å². The van der Waals surface area contributed by atoms with E-state index >= 15 is 0 Å². The van der Waals surface area contributed by atoms with E-state index in [0.717, 1.165) is 6.54 Å². The molecule has 60 valence electrons. The lowest BCUT2D eigenvalue weighted by atomic mass is 10.0. The summed E-state index contributed by atoms with van der Waals surface area (Å²) in [5, 5.41) is 3.32. The molecule has 0 bridgehead atoms. The van der Waals surface area contributed by atoms with Gasteiger partial charge in [-0.3, -0.25) is 5.32 Å². The second-order valence-corrected chi connectivity index (χ2v) is 3.69. The van der Waals surface area contributed by atoms with Gasteiger partial charge in [-0.2, -0.15) is 0 Å². The highest BCUT2D eigenvalue weighted by Crippen LogP contribution is 2.19. The average molecular weight is 143 g/mol. The zero-order valence-corrected chi connectivity index (χ0v) is 7.27. The van der Waals surface area contributed by atoms with Crippen molar-refractivity contribution in [3.8, 4) is 0 Å². The van der Waals surface area contributed by atoms with E-state index < -0.39 is 0 Å². The fraction of sp³-hybridized carbons (Fsp3) is 1.00. The predicted molar refractivity (Wildman–Crippen MR) is 41.8 cm³/mol. The van der Waals surface area contributed by atoms with Gasteiger partial charge in [-0.15, -0.1) is 0 Å². The highest BCUT2D eigenvalue weighted by atomic mass is 16.5. The first-order valence-electron chi connectivity index (χ1n) is 3.94. The lowest BCUT2D eigenvalue weighted by Gasteiger charge is -2.39. The van der Waals surface area contributed by atoms with Gasteiger partial charge >= 0.3 is 0 Å². The molecule has 1 saturated heterocycles. The summed E-state index contributed by atoms with van der Waals surface area (Å²) in [7, 11) is 0. The van der Waals surface area contributed by atoms with E-state index in [9.17, 15) is 0 Å². The molecule has 1 fully saturated rings. The van der Waals surface area contributed by atoms with Gasteiger partial charge in [0.05, 0.1) is 6.10 Å². The van der Waals surface area contributed by atoms with Crippen molar-refractivity contribution < 1.29 is 4.74 Å². The SMILES string of the molecule is C[C@H]1CNC(C)(C)O[C@@H]1C. The van der Waals surface area contributed by atoms with Crippen LogP contribution < -0.4 is 5.32 Å². The molecular formula is C8H17NO. The Morgan fingerprint density at radius 2 is 2.00 bits per heavy atom. The fourth-order valence-electron chi connectivity index (χ4n) is 1.20. The lowest BCUT2D eigenvalue weighted by molar-refractivity contribution is -0.134. The van der Waals surface area contributed by atoms with Crippen LogP contribution in [-0.2, 0) is 4.74 Å². The minimum absolute atomic E-state index is 0.119. The Hall–Kier alpha value is -0.0800. The summed E-state index contributed by atoms with van der Waals surface area (Å²) in [4.78, 5) is 0. The third-order valence-electron chi connectivity index (χ3n) is 2.13. The monoisotopic (exact) mass is 143 g/mol. The second kappa shape index (κ2) is 2.51. The number of rotatable bonds is 0. The van der Waals surface area contributed by atoms with Crippen molar-refractivity contribution in [1.82, 2.24) is 5.32 Å². The first-order valence-corrected chi connectivity index (χ1v) is 3.94. The van der Waals surface area contributed by atoms with Gasteiger partial charge in [0, 0.05) is 6.54 Å². The molecule has 1 aliphatic rings. The van der Waals surface area contributed by atoms with Crippen LogP contribution in [-0.4, -0.2) is 18.4 Å². The van der Waals surface area contributed by atoms with Gasteiger partial charge in [-0.25, -0.2) is 0 Å². The Kier molecular flexibility index (Phi) is 2.02. The van der Waals surface area contributed by atoms with Crippen LogP contribution >= 0.6 is 0 Å². The minimum atomic E-state index is -0.119. The largest absolute Gasteiger partial charge is 0.358 e. The zero-order valence-electron chi connectivity index (χ0n) is 7.27. The number of nitrogens with one attached hydrogen (secondary N) is 1. The van der Waals surface area contributed by atoms with Crippen LogP contribution in [0, 0.1) is 5.92 Å². The summed E-state index contributed by atoms with van der Waals surface area (Å²) in [6.45, 7) is 9.53. The minimum Gasteiger partial charge on any atom is -0.358 e. The van der Waals surface area contributed by atoms with Gasteiger partial charge in [-0.05, 0) is 26.7 Å². The third kappa shape index (κ3) is 1.70. The molecule has 1 N–H and O–H groups in total. The van der Waals surface area contributed by atoms with Gasteiger partial charge in [0.1, 0.15) is 5.72 Å². The average Bonchev–Trinajstić information content (AvgIpc) is 1.79. The van der Waals surface area contributed by atoms with Crippen LogP contribution in [0.1, 0.15) is 27.7 Å².